The van der Waals surface area contributed by atoms with E-state index in [0.717, 1.165) is 97.6 Å². The van der Waals surface area contributed by atoms with Crippen LogP contribution in [0.4, 0.5) is 27.5 Å². The minimum Gasteiger partial charge on any atom is -0.493 e. The molecule has 9 aromatic rings. The first kappa shape index (κ1) is 42.0. The first-order valence-corrected chi connectivity index (χ1v) is 21.9. The number of pyridine rings is 2. The summed E-state index contributed by atoms with van der Waals surface area (Å²) in [6.45, 7) is 1.02. The molecule has 0 aliphatic heterocycles. The van der Waals surface area contributed by atoms with Crippen LogP contribution in [0.3, 0.4) is 0 Å². The molecule has 2 aliphatic rings. The van der Waals surface area contributed by atoms with E-state index in [1.165, 1.54) is 0 Å². The van der Waals surface area contributed by atoms with E-state index in [4.69, 9.17) is 29.4 Å². The fraction of sp³-hybridized carbons (Fsp3) is 0.212. The fourth-order valence-electron chi connectivity index (χ4n) is 7.82. The number of fused-ring (bicyclic) bond motifs is 4. The molecule has 1 amide bonds. The summed E-state index contributed by atoms with van der Waals surface area (Å²) in [5.41, 5.74) is 14.1. The Hall–Kier alpha value is -7.97. The van der Waals surface area contributed by atoms with Crippen molar-refractivity contribution in [2.24, 2.45) is 5.73 Å². The van der Waals surface area contributed by atoms with Crippen molar-refractivity contribution in [2.75, 3.05) is 38.1 Å². The number of aromatic amines is 2. The quantitative estimate of drug-likeness (QED) is 0.0576. The molecule has 5 aromatic carbocycles. The lowest BCUT2D eigenvalue weighted by atomic mass is 10.1. The van der Waals surface area contributed by atoms with Gasteiger partial charge in [0.2, 0.25) is 0 Å². The third-order valence-electron chi connectivity index (χ3n) is 12.1. The van der Waals surface area contributed by atoms with Crippen LogP contribution in [0.5, 0.6) is 23.0 Å². The molecule has 7 N–H and O–H groups in total. The molecular weight excluding hydrogens is 833 g/mol. The predicted molar refractivity (Wildman–Crippen MR) is 259 cm³/mol. The molecule has 0 saturated heterocycles. The van der Waals surface area contributed by atoms with Gasteiger partial charge in [0.25, 0.3) is 0 Å². The monoisotopic (exact) mass is 882 g/mol. The van der Waals surface area contributed by atoms with Crippen molar-refractivity contribution in [3.05, 3.63) is 146 Å². The summed E-state index contributed by atoms with van der Waals surface area (Å²) in [7, 11) is 3.26. The predicted octanol–water partition coefficient (Wildman–Crippen LogP) is 10.6. The third-order valence-corrected chi connectivity index (χ3v) is 12.1. The number of hydrogen-bond acceptors (Lipinski definition) is 11. The maximum absolute atomic E-state index is 12.4. The minimum atomic E-state index is -0.448. The molecule has 2 aliphatic carbocycles. The number of amides is 1. The number of carbonyl (C=O) groups excluding carboxylic acids is 1. The second kappa shape index (κ2) is 17.9. The summed E-state index contributed by atoms with van der Waals surface area (Å²) in [5.74, 6) is 2.51. The molecule has 0 radical (unpaired) electrons. The number of nitrogens with zero attached hydrogens (tertiary/aromatic N) is 2. The van der Waals surface area contributed by atoms with Crippen LogP contribution in [-0.2, 0) is 11.3 Å². The van der Waals surface area contributed by atoms with E-state index in [0.29, 0.717) is 36.2 Å². The molecule has 14 heteroatoms. The summed E-state index contributed by atoms with van der Waals surface area (Å²) in [4.78, 5) is 27.9. The molecule has 0 bridgehead atoms. The smallest absolute Gasteiger partial charge is 0.408 e. The summed E-state index contributed by atoms with van der Waals surface area (Å²) in [6, 6.07) is 37.7. The van der Waals surface area contributed by atoms with Gasteiger partial charge in [-0.1, -0.05) is 30.3 Å². The summed E-state index contributed by atoms with van der Waals surface area (Å²) < 4.78 is 28.7. The number of ether oxygens (including phenoxy) is 5. The second-order valence-electron chi connectivity index (χ2n) is 17.0. The van der Waals surface area contributed by atoms with Crippen LogP contribution in [-0.4, -0.2) is 64.5 Å². The van der Waals surface area contributed by atoms with Crippen molar-refractivity contribution in [1.82, 2.24) is 25.3 Å². The highest BCUT2D eigenvalue weighted by Crippen LogP contribution is 2.41. The number of alkyl carbamates (subject to hydrolysis) is 1. The Balaban J connectivity index is 0.000000162. The standard InChI is InChI=1S/C30H28N4O4.C22H22N4O2/c1-36-27-16-23-25(33-22-7-8-24-21(15-22)9-13-31-24)10-14-32-26(23)17-28(27)38-19-30(11-12-30)34-29(35)37-18-20-5-3-2-4-6-20;1-27-20-11-16-18(26-15-2-3-17-14(10-15)4-8-24-17)5-9-25-19(16)12-21(20)28-13-22(23)6-7-22/h2-10,13-17,31H,11-12,18-19H2,1H3,(H,32,33)(H,34,35);2-5,8-12,24H,6-7,13,23H2,1H3,(H,25,26). The topological polar surface area (TPSA) is 183 Å². The number of benzene rings is 5. The van der Waals surface area contributed by atoms with Gasteiger partial charge in [-0.15, -0.1) is 0 Å². The number of rotatable bonds is 15. The minimum absolute atomic E-state index is 0.187. The molecule has 66 heavy (non-hydrogen) atoms. The van der Waals surface area contributed by atoms with Crippen molar-refractivity contribution >= 4 is 72.5 Å². The van der Waals surface area contributed by atoms with Crippen molar-refractivity contribution in [3.8, 4) is 23.0 Å². The van der Waals surface area contributed by atoms with E-state index in [1.807, 2.05) is 97.3 Å². The van der Waals surface area contributed by atoms with Crippen molar-refractivity contribution in [2.45, 2.75) is 43.4 Å². The number of H-pyrrole nitrogens is 2. The Morgan fingerprint density at radius 2 is 1.18 bits per heavy atom. The van der Waals surface area contributed by atoms with Crippen molar-refractivity contribution in [1.29, 1.82) is 0 Å². The lowest BCUT2D eigenvalue weighted by molar-refractivity contribution is 0.128. The van der Waals surface area contributed by atoms with Crippen molar-refractivity contribution < 1.29 is 28.5 Å². The number of hydrogen-bond donors (Lipinski definition) is 6. The SMILES string of the molecule is COc1cc2c(Nc3ccc4[nH]ccc4c3)ccnc2cc1OCC1(N)CC1.COc1cc2c(Nc3ccc4[nH]ccc4c3)ccnc2cc1OCC1(NC(=O)OCc2ccccc2)CC1. The molecule has 2 fully saturated rings. The highest BCUT2D eigenvalue weighted by Gasteiger charge is 2.46. The number of carbonyl (C=O) groups is 1. The number of methoxy groups -OCH3 is 2. The van der Waals surface area contributed by atoms with Crippen LogP contribution in [0.1, 0.15) is 31.2 Å². The van der Waals surface area contributed by atoms with Gasteiger partial charge in [-0.05, 0) is 104 Å². The highest BCUT2D eigenvalue weighted by atomic mass is 16.6. The summed E-state index contributed by atoms with van der Waals surface area (Å²) >= 11 is 0. The second-order valence-corrected chi connectivity index (χ2v) is 17.0. The Morgan fingerprint density at radius 1 is 0.636 bits per heavy atom. The van der Waals surface area contributed by atoms with E-state index in [2.05, 4.69) is 66.2 Å². The van der Waals surface area contributed by atoms with E-state index in [9.17, 15) is 4.79 Å². The molecule has 14 nitrogen and oxygen atoms in total. The van der Waals surface area contributed by atoms with Gasteiger partial charge in [0.15, 0.2) is 23.0 Å². The summed E-state index contributed by atoms with van der Waals surface area (Å²) in [5, 5.41) is 14.1. The molecule has 11 rings (SSSR count). The molecule has 4 heterocycles. The average Bonchev–Trinajstić information content (AvgIpc) is 4.14. The molecule has 0 unspecified atom stereocenters. The van der Waals surface area contributed by atoms with Crippen LogP contribution < -0.4 is 40.6 Å². The summed E-state index contributed by atoms with van der Waals surface area (Å²) in [6.07, 6.45) is 10.6. The molecule has 0 atom stereocenters. The fourth-order valence-corrected chi connectivity index (χ4v) is 7.82. The van der Waals surface area contributed by atoms with Crippen LogP contribution in [0.2, 0.25) is 0 Å². The Bertz CT molecular complexity index is 3180. The largest absolute Gasteiger partial charge is 0.493 e. The third kappa shape index (κ3) is 9.45. The molecular formula is C52H50N8O6. The molecule has 334 valence electrons. The zero-order valence-electron chi connectivity index (χ0n) is 36.7. The van der Waals surface area contributed by atoms with E-state index in [-0.39, 0.29) is 12.1 Å². The van der Waals surface area contributed by atoms with E-state index >= 15 is 0 Å². The van der Waals surface area contributed by atoms with Gasteiger partial charge in [0.05, 0.1) is 36.3 Å². The van der Waals surface area contributed by atoms with Crippen LogP contribution >= 0.6 is 0 Å². The zero-order chi connectivity index (χ0) is 45.1. The van der Waals surface area contributed by atoms with Crippen molar-refractivity contribution in [3.63, 3.8) is 0 Å². The lowest BCUT2D eigenvalue weighted by Crippen LogP contribution is -2.41. The Labute approximate surface area is 380 Å². The normalized spacial score (nSPS) is 14.2. The first-order valence-electron chi connectivity index (χ1n) is 21.9. The molecule has 0 spiro atoms. The number of nitrogens with two attached hydrogens (primary N) is 1. The van der Waals surface area contributed by atoms with E-state index in [1.54, 1.807) is 26.6 Å². The maximum atomic E-state index is 12.4. The van der Waals surface area contributed by atoms with Gasteiger partial charge in [-0.3, -0.25) is 9.97 Å². The Morgan fingerprint density at radius 3 is 1.70 bits per heavy atom. The average molecular weight is 883 g/mol. The van der Waals surface area contributed by atoms with Gasteiger partial charge in [0, 0.05) is 92.2 Å². The van der Waals surface area contributed by atoms with Crippen LogP contribution in [0.15, 0.2) is 140 Å². The highest BCUT2D eigenvalue weighted by molar-refractivity contribution is 5.97. The van der Waals surface area contributed by atoms with Crippen LogP contribution in [0, 0.1) is 0 Å². The number of aromatic nitrogens is 4. The van der Waals surface area contributed by atoms with Gasteiger partial charge in [-0.25, -0.2) is 4.79 Å². The van der Waals surface area contributed by atoms with Gasteiger partial charge < -0.3 is 55.3 Å². The van der Waals surface area contributed by atoms with E-state index < -0.39 is 11.6 Å². The van der Waals surface area contributed by atoms with Gasteiger partial charge in [-0.2, -0.15) is 0 Å². The van der Waals surface area contributed by atoms with Crippen LogP contribution in [0.25, 0.3) is 43.6 Å². The molecule has 2 saturated carbocycles. The maximum Gasteiger partial charge on any atom is 0.408 e. The first-order chi connectivity index (χ1) is 32.2. The van der Waals surface area contributed by atoms with Gasteiger partial charge in [0.1, 0.15) is 19.8 Å². The van der Waals surface area contributed by atoms with Gasteiger partial charge >= 0.3 is 6.09 Å². The number of anilines is 4. The lowest BCUT2D eigenvalue weighted by Gasteiger charge is -2.20. The zero-order valence-corrected chi connectivity index (χ0v) is 36.7. The number of nitrogens with one attached hydrogen (secondary N) is 5. The molecule has 4 aromatic heterocycles. The Kier molecular flexibility index (Phi) is 11.4.